The Morgan fingerprint density at radius 3 is 2.24 bits per heavy atom. The first-order valence-corrected chi connectivity index (χ1v) is 13.2. The fraction of sp³-hybridized carbons (Fsp3) is 0.400. The Bertz CT molecular complexity index is 1220. The second kappa shape index (κ2) is 12.0. The zero-order valence-electron chi connectivity index (χ0n) is 22.1. The van der Waals surface area contributed by atoms with Crippen LogP contribution in [0.1, 0.15) is 74.9 Å². The van der Waals surface area contributed by atoms with E-state index in [-0.39, 0.29) is 24.5 Å². The van der Waals surface area contributed by atoms with Gasteiger partial charge in [-0.15, -0.1) is 5.10 Å². The summed E-state index contributed by atoms with van der Waals surface area (Å²) in [4.78, 5) is 32.3. The van der Waals surface area contributed by atoms with Crippen molar-refractivity contribution in [3.05, 3.63) is 71.7 Å². The minimum Gasteiger partial charge on any atom is -0.462 e. The van der Waals surface area contributed by atoms with Gasteiger partial charge in [0.05, 0.1) is 12.3 Å². The van der Waals surface area contributed by atoms with Crippen LogP contribution in [0, 0.1) is 11.8 Å². The second-order valence-corrected chi connectivity index (χ2v) is 10.00. The molecule has 7 nitrogen and oxygen atoms in total. The number of ether oxygens (including phenoxy) is 1. The summed E-state index contributed by atoms with van der Waals surface area (Å²) in [5.74, 6) is 0.517. The van der Waals surface area contributed by atoms with Gasteiger partial charge in [0.25, 0.3) is 0 Å². The van der Waals surface area contributed by atoms with E-state index in [2.05, 4.69) is 11.9 Å². The number of carbonyl (C=O) groups is 2. The Morgan fingerprint density at radius 2 is 1.65 bits per heavy atom. The average molecular weight is 501 g/mol. The topological polar surface area (TPSA) is 77.3 Å². The van der Waals surface area contributed by atoms with Gasteiger partial charge in [0.2, 0.25) is 5.91 Å². The summed E-state index contributed by atoms with van der Waals surface area (Å²) in [5.41, 5.74) is 3.19. The highest BCUT2D eigenvalue weighted by molar-refractivity contribution is 6.02. The number of amides is 1. The van der Waals surface area contributed by atoms with Crippen molar-refractivity contribution in [3.8, 4) is 5.69 Å². The van der Waals surface area contributed by atoms with Crippen LogP contribution in [0.3, 0.4) is 0 Å². The summed E-state index contributed by atoms with van der Waals surface area (Å²) >= 11 is 0. The lowest BCUT2D eigenvalue weighted by atomic mass is 9.82. The van der Waals surface area contributed by atoms with Gasteiger partial charge in [0, 0.05) is 30.6 Å². The number of anilines is 1. The molecular weight excluding hydrogens is 464 g/mol. The fourth-order valence-corrected chi connectivity index (χ4v) is 4.74. The van der Waals surface area contributed by atoms with Crippen molar-refractivity contribution in [1.82, 2.24) is 14.8 Å². The minimum atomic E-state index is -0.476. The smallest absolute Gasteiger partial charge is 0.343 e. The van der Waals surface area contributed by atoms with Gasteiger partial charge in [0.15, 0.2) is 5.82 Å². The second-order valence-electron chi connectivity index (χ2n) is 10.00. The van der Waals surface area contributed by atoms with E-state index in [1.807, 2.05) is 62.4 Å². The molecule has 2 aromatic heterocycles. The Kier molecular flexibility index (Phi) is 8.54. The monoisotopic (exact) mass is 500 g/mol. The lowest BCUT2D eigenvalue weighted by molar-refractivity contribution is -0.124. The van der Waals surface area contributed by atoms with Gasteiger partial charge < -0.3 is 4.74 Å². The molecule has 37 heavy (non-hydrogen) atoms. The van der Waals surface area contributed by atoms with E-state index in [0.717, 1.165) is 42.5 Å². The Labute approximate surface area is 219 Å². The van der Waals surface area contributed by atoms with Crippen LogP contribution >= 0.6 is 0 Å². The van der Waals surface area contributed by atoms with Crippen molar-refractivity contribution in [2.45, 2.75) is 59.4 Å². The van der Waals surface area contributed by atoms with E-state index in [1.54, 1.807) is 35.1 Å². The van der Waals surface area contributed by atoms with E-state index in [1.165, 1.54) is 0 Å². The Morgan fingerprint density at radius 1 is 1.03 bits per heavy atom. The first-order chi connectivity index (χ1) is 17.9. The van der Waals surface area contributed by atoms with Gasteiger partial charge >= 0.3 is 5.97 Å². The molecule has 0 unspecified atom stereocenters. The quantitative estimate of drug-likeness (QED) is 0.345. The summed E-state index contributed by atoms with van der Waals surface area (Å²) in [7, 11) is 0. The third-order valence-corrected chi connectivity index (χ3v) is 6.87. The first-order valence-electron chi connectivity index (χ1n) is 13.2. The van der Waals surface area contributed by atoms with Crippen LogP contribution in [0.25, 0.3) is 17.8 Å². The van der Waals surface area contributed by atoms with Crippen molar-refractivity contribution in [1.29, 1.82) is 0 Å². The molecule has 3 aromatic rings. The highest BCUT2D eigenvalue weighted by Crippen LogP contribution is 2.33. The molecule has 7 heteroatoms. The molecule has 1 fully saturated rings. The normalized spacial score (nSPS) is 17.8. The number of pyridine rings is 1. The van der Waals surface area contributed by atoms with Crippen LogP contribution in [0.2, 0.25) is 0 Å². The van der Waals surface area contributed by atoms with Crippen LogP contribution in [0.4, 0.5) is 5.82 Å². The molecule has 2 heterocycles. The average Bonchev–Trinajstić information content (AvgIpc) is 3.33. The molecule has 1 aromatic carbocycles. The summed E-state index contributed by atoms with van der Waals surface area (Å²) < 4.78 is 6.99. The van der Waals surface area contributed by atoms with Gasteiger partial charge in [-0.1, -0.05) is 31.2 Å². The maximum Gasteiger partial charge on any atom is 0.343 e. The number of aromatic nitrogens is 3. The molecular formula is C30H36N4O3. The molecule has 0 saturated heterocycles. The lowest BCUT2D eigenvalue weighted by Gasteiger charge is -2.32. The largest absolute Gasteiger partial charge is 0.462 e. The lowest BCUT2D eigenvalue weighted by Crippen LogP contribution is -2.43. The molecule has 4 rings (SSSR count). The standard InChI is InChI=1S/C30H36N4O3/c1-5-37-30(36)27-20-33(26-14-10-23(11-15-26)8-9-24-16-18-31-19-17-24)32-28(27)34(21(2)3)29(35)25-12-6-22(4)7-13-25/h8-11,14-22,25H,5-7,12-13H2,1-4H3. The summed E-state index contributed by atoms with van der Waals surface area (Å²) in [5, 5.41) is 4.76. The molecule has 1 saturated carbocycles. The Balaban J connectivity index is 1.64. The molecule has 0 N–H and O–H groups in total. The van der Waals surface area contributed by atoms with Gasteiger partial charge in [-0.05, 0) is 87.8 Å². The summed E-state index contributed by atoms with van der Waals surface area (Å²) in [6.07, 6.45) is 13.1. The third kappa shape index (κ3) is 6.34. The number of benzene rings is 1. The first kappa shape index (κ1) is 26.3. The van der Waals surface area contributed by atoms with Crippen molar-refractivity contribution in [2.75, 3.05) is 11.5 Å². The van der Waals surface area contributed by atoms with Gasteiger partial charge in [-0.2, -0.15) is 0 Å². The van der Waals surface area contributed by atoms with E-state index in [4.69, 9.17) is 9.84 Å². The van der Waals surface area contributed by atoms with E-state index >= 15 is 0 Å². The highest BCUT2D eigenvalue weighted by Gasteiger charge is 2.34. The molecule has 1 aliphatic carbocycles. The number of rotatable bonds is 8. The summed E-state index contributed by atoms with van der Waals surface area (Å²) in [6, 6.07) is 11.6. The molecule has 0 atom stereocenters. The van der Waals surface area contributed by atoms with Crippen molar-refractivity contribution >= 4 is 29.8 Å². The fourth-order valence-electron chi connectivity index (χ4n) is 4.74. The molecule has 194 valence electrons. The van der Waals surface area contributed by atoms with E-state index in [0.29, 0.717) is 17.3 Å². The van der Waals surface area contributed by atoms with Crippen LogP contribution < -0.4 is 4.90 Å². The maximum atomic E-state index is 13.7. The van der Waals surface area contributed by atoms with Crippen LogP contribution in [-0.2, 0) is 9.53 Å². The molecule has 0 aliphatic heterocycles. The highest BCUT2D eigenvalue weighted by atomic mass is 16.5. The molecule has 1 aliphatic rings. The third-order valence-electron chi connectivity index (χ3n) is 6.87. The number of esters is 1. The van der Waals surface area contributed by atoms with Crippen molar-refractivity contribution in [3.63, 3.8) is 0 Å². The minimum absolute atomic E-state index is 0.0364. The van der Waals surface area contributed by atoms with Crippen molar-refractivity contribution in [2.24, 2.45) is 11.8 Å². The van der Waals surface area contributed by atoms with Gasteiger partial charge in [-0.25, -0.2) is 9.48 Å². The van der Waals surface area contributed by atoms with Crippen LogP contribution in [-0.4, -0.2) is 39.3 Å². The van der Waals surface area contributed by atoms with Crippen molar-refractivity contribution < 1.29 is 14.3 Å². The molecule has 0 bridgehead atoms. The van der Waals surface area contributed by atoms with Gasteiger partial charge in [0.1, 0.15) is 5.56 Å². The number of hydrogen-bond acceptors (Lipinski definition) is 5. The number of carbonyl (C=O) groups excluding carboxylic acids is 2. The maximum absolute atomic E-state index is 13.7. The molecule has 0 spiro atoms. The SMILES string of the molecule is CCOC(=O)c1cn(-c2ccc(C=Cc3ccncc3)cc2)nc1N(C(=O)C1CCC(C)CC1)C(C)C. The summed E-state index contributed by atoms with van der Waals surface area (Å²) in [6.45, 7) is 8.18. The van der Waals surface area contributed by atoms with Crippen LogP contribution in [0.5, 0.6) is 0 Å². The number of hydrogen-bond donors (Lipinski definition) is 0. The predicted octanol–water partition coefficient (Wildman–Crippen LogP) is 6.18. The molecule has 0 radical (unpaired) electrons. The zero-order chi connectivity index (χ0) is 26.4. The number of nitrogens with zero attached hydrogens (tertiary/aromatic N) is 4. The predicted molar refractivity (Wildman–Crippen MR) is 146 cm³/mol. The zero-order valence-corrected chi connectivity index (χ0v) is 22.1. The Hall–Kier alpha value is -3.74. The molecule has 1 amide bonds. The van der Waals surface area contributed by atoms with E-state index < -0.39 is 5.97 Å². The van der Waals surface area contributed by atoms with Gasteiger partial charge in [-0.3, -0.25) is 14.7 Å². The van der Waals surface area contributed by atoms with Crippen LogP contribution in [0.15, 0.2) is 55.0 Å². The van der Waals surface area contributed by atoms with E-state index in [9.17, 15) is 9.59 Å².